The van der Waals surface area contributed by atoms with Crippen LogP contribution in [0.15, 0.2) is 66.9 Å². The van der Waals surface area contributed by atoms with Crippen molar-refractivity contribution in [3.63, 3.8) is 0 Å². The molecule has 4 N–H and O–H groups in total. The van der Waals surface area contributed by atoms with E-state index in [0.29, 0.717) is 40.7 Å². The van der Waals surface area contributed by atoms with E-state index in [4.69, 9.17) is 4.74 Å². The fourth-order valence-electron chi connectivity index (χ4n) is 5.05. The van der Waals surface area contributed by atoms with Gasteiger partial charge >= 0.3 is 5.97 Å². The van der Waals surface area contributed by atoms with Gasteiger partial charge in [0.15, 0.2) is 5.78 Å². The lowest BCUT2D eigenvalue weighted by molar-refractivity contribution is 0.0192. The number of carbonyl (C=O) groups excluding carboxylic acids is 3. The third-order valence-electron chi connectivity index (χ3n) is 7.33. The highest BCUT2D eigenvalue weighted by Crippen LogP contribution is 2.27. The van der Waals surface area contributed by atoms with E-state index in [0.717, 1.165) is 18.4 Å². The molecule has 4 aromatic rings. The summed E-state index contributed by atoms with van der Waals surface area (Å²) in [5.41, 5.74) is 2.89. The van der Waals surface area contributed by atoms with Crippen molar-refractivity contribution in [1.29, 1.82) is 0 Å². The van der Waals surface area contributed by atoms with Crippen molar-refractivity contribution in [2.24, 2.45) is 0 Å². The number of phenols is 2. The van der Waals surface area contributed by atoms with E-state index in [1.807, 2.05) is 0 Å². The third-order valence-corrected chi connectivity index (χ3v) is 7.33. The Bertz CT molecular complexity index is 1620. The van der Waals surface area contributed by atoms with Gasteiger partial charge in [0.1, 0.15) is 17.6 Å². The van der Waals surface area contributed by atoms with Crippen molar-refractivity contribution in [1.82, 2.24) is 15.6 Å². The maximum atomic E-state index is 13.1. The lowest BCUT2D eigenvalue weighted by atomic mass is 9.99. The number of nitrogens with one attached hydrogen (secondary N) is 2. The smallest absolute Gasteiger partial charge is 0.338 e. The highest BCUT2D eigenvalue weighted by atomic mass is 35.5. The third kappa shape index (κ3) is 6.53. The van der Waals surface area contributed by atoms with Crippen LogP contribution in [0.5, 0.6) is 11.5 Å². The van der Waals surface area contributed by atoms with Crippen LogP contribution < -0.4 is 10.6 Å². The van der Waals surface area contributed by atoms with Gasteiger partial charge in [0.2, 0.25) is 0 Å². The zero-order valence-corrected chi connectivity index (χ0v) is 24.0. The molecule has 1 aliphatic rings. The quantitative estimate of drug-likeness (QED) is 0.189. The van der Waals surface area contributed by atoms with Gasteiger partial charge in [0.05, 0.1) is 22.7 Å². The molecule has 1 saturated heterocycles. The number of hydrogen-bond donors (Lipinski definition) is 4. The molecule has 42 heavy (non-hydrogen) atoms. The summed E-state index contributed by atoms with van der Waals surface area (Å²) in [6.45, 7) is 4.62. The number of aromatic nitrogens is 1. The van der Waals surface area contributed by atoms with E-state index in [1.54, 1.807) is 50.4 Å². The van der Waals surface area contributed by atoms with Gasteiger partial charge in [-0.1, -0.05) is 18.2 Å². The average molecular weight is 590 g/mol. The van der Waals surface area contributed by atoms with Gasteiger partial charge in [0, 0.05) is 29.3 Å². The Balaban J connectivity index is 0.00000405. The lowest BCUT2D eigenvalue weighted by Gasteiger charge is -2.26. The van der Waals surface area contributed by atoms with E-state index in [1.165, 1.54) is 30.3 Å². The van der Waals surface area contributed by atoms with E-state index >= 15 is 0 Å². The Morgan fingerprint density at radius 2 is 1.64 bits per heavy atom. The largest absolute Gasteiger partial charge is 0.507 e. The van der Waals surface area contributed by atoms with Crippen LogP contribution in [0.4, 0.5) is 0 Å². The molecule has 0 spiro atoms. The summed E-state index contributed by atoms with van der Waals surface area (Å²) in [4.78, 5) is 43.5. The molecule has 0 bridgehead atoms. The number of fused-ring (bicyclic) bond motifs is 1. The van der Waals surface area contributed by atoms with Gasteiger partial charge in [-0.15, -0.1) is 12.4 Å². The average Bonchev–Trinajstić information content (AvgIpc) is 3.19. The van der Waals surface area contributed by atoms with E-state index < -0.39 is 23.9 Å². The highest BCUT2D eigenvalue weighted by molar-refractivity contribution is 6.12. The van der Waals surface area contributed by atoms with Crippen LogP contribution in [0.1, 0.15) is 60.6 Å². The molecule has 1 aliphatic heterocycles. The second-order valence-electron chi connectivity index (χ2n) is 10.3. The molecule has 1 aromatic heterocycles. The molecule has 0 radical (unpaired) electrons. The maximum absolute atomic E-state index is 13.1. The molecule has 0 saturated carbocycles. The normalized spacial score (nSPS) is 16.6. The van der Waals surface area contributed by atoms with Crippen LogP contribution in [0.25, 0.3) is 10.9 Å². The number of amides is 1. The Hall–Kier alpha value is -4.47. The minimum Gasteiger partial charge on any atom is -0.507 e. The Morgan fingerprint density at radius 3 is 2.36 bits per heavy atom. The van der Waals surface area contributed by atoms with Gasteiger partial charge < -0.3 is 25.6 Å². The first kappa shape index (κ1) is 30.5. The molecule has 10 heteroatoms. The number of carbonyl (C=O) groups is 3. The molecule has 1 amide bonds. The summed E-state index contributed by atoms with van der Waals surface area (Å²) in [5, 5.41) is 27.4. The first-order valence-electron chi connectivity index (χ1n) is 13.5. The highest BCUT2D eigenvalue weighted by Gasteiger charge is 2.29. The SMILES string of the molecule is Cc1cc(C(=O)N[C@@H]2CNCCC[C@H]2OC(=O)c2ccc(C(=O)c3cc4ncccc4cc3O)cc2)cc(C)c1O.Cl. The fraction of sp³-hybridized carbons (Fsp3) is 0.250. The molecule has 1 fully saturated rings. The number of rotatable bonds is 6. The number of pyridine rings is 1. The second-order valence-corrected chi connectivity index (χ2v) is 10.3. The zero-order valence-electron chi connectivity index (χ0n) is 23.2. The van der Waals surface area contributed by atoms with Crippen molar-refractivity contribution < 1.29 is 29.3 Å². The molecule has 2 heterocycles. The zero-order chi connectivity index (χ0) is 29.1. The summed E-state index contributed by atoms with van der Waals surface area (Å²) in [7, 11) is 0. The number of phenolic OH excluding ortho intramolecular Hbond substituents is 2. The second kappa shape index (κ2) is 13.0. The number of halogens is 1. The Kier molecular flexibility index (Phi) is 9.45. The number of aromatic hydroxyl groups is 2. The number of nitrogens with zero attached hydrogens (tertiary/aromatic N) is 1. The molecular weight excluding hydrogens is 558 g/mol. The first-order chi connectivity index (χ1) is 19.7. The number of ether oxygens (including phenoxy) is 1. The Labute approximate surface area is 249 Å². The fourth-order valence-corrected chi connectivity index (χ4v) is 5.05. The van der Waals surface area contributed by atoms with Crippen LogP contribution in [0.2, 0.25) is 0 Å². The number of ketones is 1. The van der Waals surface area contributed by atoms with Gasteiger partial charge in [-0.2, -0.15) is 0 Å². The monoisotopic (exact) mass is 589 g/mol. The summed E-state index contributed by atoms with van der Waals surface area (Å²) in [6.07, 6.45) is 2.37. The minimum atomic E-state index is -0.566. The molecule has 5 rings (SSSR count). The number of hydrogen-bond acceptors (Lipinski definition) is 8. The number of benzene rings is 3. The van der Waals surface area contributed by atoms with E-state index in [-0.39, 0.29) is 40.9 Å². The summed E-state index contributed by atoms with van der Waals surface area (Å²) in [6, 6.07) is 15.4. The van der Waals surface area contributed by atoms with Gasteiger partial charge in [0.25, 0.3) is 5.91 Å². The van der Waals surface area contributed by atoms with Gasteiger partial charge in [-0.25, -0.2) is 4.79 Å². The molecule has 218 valence electrons. The first-order valence-corrected chi connectivity index (χ1v) is 13.5. The van der Waals surface area contributed by atoms with Crippen molar-refractivity contribution in [2.45, 2.75) is 38.8 Å². The minimum absolute atomic E-state index is 0. The predicted octanol–water partition coefficient (Wildman–Crippen LogP) is 4.62. The van der Waals surface area contributed by atoms with Crippen molar-refractivity contribution in [3.05, 3.63) is 100 Å². The van der Waals surface area contributed by atoms with Crippen LogP contribution in [-0.2, 0) is 4.74 Å². The molecule has 0 unspecified atom stereocenters. The summed E-state index contributed by atoms with van der Waals surface area (Å²) >= 11 is 0. The topological polar surface area (TPSA) is 138 Å². The van der Waals surface area contributed by atoms with E-state index in [2.05, 4.69) is 15.6 Å². The van der Waals surface area contributed by atoms with Gasteiger partial charge in [-0.3, -0.25) is 14.6 Å². The summed E-state index contributed by atoms with van der Waals surface area (Å²) in [5.74, 6) is -1.27. The lowest BCUT2D eigenvalue weighted by Crippen LogP contribution is -2.49. The molecule has 2 atom stereocenters. The molecular formula is C32H32ClN3O6. The van der Waals surface area contributed by atoms with E-state index in [9.17, 15) is 24.6 Å². The van der Waals surface area contributed by atoms with Crippen molar-refractivity contribution in [3.8, 4) is 11.5 Å². The van der Waals surface area contributed by atoms with Crippen molar-refractivity contribution in [2.75, 3.05) is 13.1 Å². The van der Waals surface area contributed by atoms with Crippen LogP contribution >= 0.6 is 12.4 Å². The summed E-state index contributed by atoms with van der Waals surface area (Å²) < 4.78 is 5.86. The van der Waals surface area contributed by atoms with Crippen LogP contribution in [-0.4, -0.2) is 58.1 Å². The number of aryl methyl sites for hydroxylation is 2. The molecule has 0 aliphatic carbocycles. The van der Waals surface area contributed by atoms with Gasteiger partial charge in [-0.05, 0) is 86.8 Å². The van der Waals surface area contributed by atoms with Crippen LogP contribution in [0, 0.1) is 13.8 Å². The molecule has 9 nitrogen and oxygen atoms in total. The van der Waals surface area contributed by atoms with Crippen molar-refractivity contribution >= 4 is 41.0 Å². The maximum Gasteiger partial charge on any atom is 0.338 e. The number of esters is 1. The molecule has 3 aromatic carbocycles. The Morgan fingerprint density at radius 1 is 0.952 bits per heavy atom. The standard InChI is InChI=1S/C32H31N3O6.ClH/c1-18-13-23(14-19(2)29(18)37)31(39)35-26-17-33-11-4-6-28(26)41-32(40)21-9-7-20(8-10-21)30(38)24-16-25-22(15-27(24)36)5-3-12-34-25;/h3,5,7-10,12-16,26,28,33,36-37H,4,6,11,17H2,1-2H3,(H,35,39);1H/t26-,28-;/m1./s1. The predicted molar refractivity (Wildman–Crippen MR) is 161 cm³/mol. The van der Waals surface area contributed by atoms with Crippen LogP contribution in [0.3, 0.4) is 0 Å².